The van der Waals surface area contributed by atoms with E-state index in [4.69, 9.17) is 9.88 Å². The standard InChI is InChI=1S/C11H15NO3S/c1-2-8-4-3-5-10(15-9-6-7-9)11(8)16(12,13)14/h3-5,9H,2,6-7H2,1H3,(H2,12,13,14). The van der Waals surface area contributed by atoms with E-state index in [9.17, 15) is 8.42 Å². The first-order valence-corrected chi connectivity index (χ1v) is 6.88. The van der Waals surface area contributed by atoms with Gasteiger partial charge in [0, 0.05) is 0 Å². The Morgan fingerprint density at radius 2 is 2.12 bits per heavy atom. The van der Waals surface area contributed by atoms with Crippen LogP contribution < -0.4 is 9.88 Å². The van der Waals surface area contributed by atoms with Crippen molar-refractivity contribution in [3.8, 4) is 5.75 Å². The van der Waals surface area contributed by atoms with Crippen molar-refractivity contribution in [3.63, 3.8) is 0 Å². The van der Waals surface area contributed by atoms with Crippen LogP contribution in [0.2, 0.25) is 0 Å². The number of nitrogens with two attached hydrogens (primary N) is 1. The van der Waals surface area contributed by atoms with Gasteiger partial charge in [0.25, 0.3) is 0 Å². The van der Waals surface area contributed by atoms with Crippen molar-refractivity contribution < 1.29 is 13.2 Å². The van der Waals surface area contributed by atoms with Gasteiger partial charge in [0.2, 0.25) is 10.0 Å². The van der Waals surface area contributed by atoms with Gasteiger partial charge in [-0.25, -0.2) is 13.6 Å². The van der Waals surface area contributed by atoms with E-state index in [1.165, 1.54) is 0 Å². The second-order valence-corrected chi connectivity index (χ2v) is 5.46. The molecule has 2 rings (SSSR count). The summed E-state index contributed by atoms with van der Waals surface area (Å²) in [7, 11) is -3.72. The molecule has 0 aromatic heterocycles. The quantitative estimate of drug-likeness (QED) is 0.867. The molecule has 2 N–H and O–H groups in total. The summed E-state index contributed by atoms with van der Waals surface area (Å²) in [6.07, 6.45) is 2.75. The lowest BCUT2D eigenvalue weighted by atomic mass is 10.1. The number of ether oxygens (including phenoxy) is 1. The largest absolute Gasteiger partial charge is 0.489 e. The maximum absolute atomic E-state index is 11.5. The Balaban J connectivity index is 2.49. The van der Waals surface area contributed by atoms with Crippen molar-refractivity contribution in [1.82, 2.24) is 0 Å². The molecule has 1 saturated carbocycles. The van der Waals surface area contributed by atoms with Crippen LogP contribution >= 0.6 is 0 Å². The summed E-state index contributed by atoms with van der Waals surface area (Å²) in [6.45, 7) is 1.89. The molecule has 0 amide bonds. The van der Waals surface area contributed by atoms with Gasteiger partial charge in [0.15, 0.2) is 0 Å². The summed E-state index contributed by atoms with van der Waals surface area (Å²) in [5.74, 6) is 0.393. The lowest BCUT2D eigenvalue weighted by Gasteiger charge is -2.12. The van der Waals surface area contributed by atoms with Crippen molar-refractivity contribution in [3.05, 3.63) is 23.8 Å². The van der Waals surface area contributed by atoms with E-state index in [0.717, 1.165) is 12.8 Å². The zero-order valence-electron chi connectivity index (χ0n) is 9.14. The van der Waals surface area contributed by atoms with Crippen LogP contribution in [0.4, 0.5) is 0 Å². The van der Waals surface area contributed by atoms with Gasteiger partial charge in [-0.15, -0.1) is 0 Å². The highest BCUT2D eigenvalue weighted by atomic mass is 32.2. The molecule has 0 bridgehead atoms. The third kappa shape index (κ3) is 2.36. The number of aryl methyl sites for hydroxylation is 1. The van der Waals surface area contributed by atoms with E-state index in [0.29, 0.717) is 17.7 Å². The van der Waals surface area contributed by atoms with Crippen molar-refractivity contribution in [2.75, 3.05) is 0 Å². The van der Waals surface area contributed by atoms with Crippen molar-refractivity contribution >= 4 is 10.0 Å². The number of rotatable bonds is 4. The fourth-order valence-corrected chi connectivity index (χ4v) is 2.60. The predicted octanol–water partition coefficient (Wildman–Crippen LogP) is 1.44. The fourth-order valence-electron chi connectivity index (χ4n) is 1.62. The molecule has 5 heteroatoms. The molecular weight excluding hydrogens is 226 g/mol. The van der Waals surface area contributed by atoms with Gasteiger partial charge in [0.05, 0.1) is 6.10 Å². The summed E-state index contributed by atoms with van der Waals surface area (Å²) >= 11 is 0. The zero-order chi connectivity index (χ0) is 11.8. The molecule has 1 aliphatic carbocycles. The highest BCUT2D eigenvalue weighted by Crippen LogP contribution is 2.32. The minimum Gasteiger partial charge on any atom is -0.489 e. The van der Waals surface area contributed by atoms with Gasteiger partial charge in [0.1, 0.15) is 10.6 Å². The third-order valence-electron chi connectivity index (χ3n) is 2.54. The lowest BCUT2D eigenvalue weighted by Crippen LogP contribution is -2.16. The number of hydrogen-bond donors (Lipinski definition) is 1. The van der Waals surface area contributed by atoms with Crippen LogP contribution in [-0.4, -0.2) is 14.5 Å². The Morgan fingerprint density at radius 1 is 1.44 bits per heavy atom. The molecule has 1 aliphatic rings. The highest BCUT2D eigenvalue weighted by molar-refractivity contribution is 7.89. The molecule has 1 fully saturated rings. The number of sulfonamides is 1. The van der Waals surface area contributed by atoms with E-state index >= 15 is 0 Å². The molecule has 0 unspecified atom stereocenters. The van der Waals surface area contributed by atoms with E-state index in [1.54, 1.807) is 18.2 Å². The van der Waals surface area contributed by atoms with E-state index in [1.807, 2.05) is 6.92 Å². The molecule has 0 atom stereocenters. The molecule has 88 valence electrons. The summed E-state index contributed by atoms with van der Waals surface area (Å²) in [4.78, 5) is 0.143. The van der Waals surface area contributed by atoms with Gasteiger partial charge in [-0.1, -0.05) is 19.1 Å². The summed E-state index contributed by atoms with van der Waals surface area (Å²) in [5.41, 5.74) is 0.709. The van der Waals surface area contributed by atoms with Crippen LogP contribution in [0.3, 0.4) is 0 Å². The van der Waals surface area contributed by atoms with E-state index < -0.39 is 10.0 Å². The van der Waals surface area contributed by atoms with Gasteiger partial charge in [-0.2, -0.15) is 0 Å². The Hall–Kier alpha value is -1.07. The maximum Gasteiger partial charge on any atom is 0.242 e. The van der Waals surface area contributed by atoms with Crippen LogP contribution in [0.25, 0.3) is 0 Å². The first-order valence-electron chi connectivity index (χ1n) is 5.33. The minimum absolute atomic E-state index is 0.143. The maximum atomic E-state index is 11.5. The van der Waals surface area contributed by atoms with Crippen LogP contribution in [0.5, 0.6) is 5.75 Å². The molecule has 1 aromatic rings. The fraction of sp³-hybridized carbons (Fsp3) is 0.455. The zero-order valence-corrected chi connectivity index (χ0v) is 9.96. The summed E-state index contributed by atoms with van der Waals surface area (Å²) in [6, 6.07) is 5.22. The topological polar surface area (TPSA) is 69.4 Å². The summed E-state index contributed by atoms with van der Waals surface area (Å²) in [5, 5.41) is 5.22. The summed E-state index contributed by atoms with van der Waals surface area (Å²) < 4.78 is 28.6. The van der Waals surface area contributed by atoms with Gasteiger partial charge < -0.3 is 4.74 Å². The Labute approximate surface area is 95.5 Å². The molecule has 0 heterocycles. The molecule has 0 radical (unpaired) electrons. The molecule has 4 nitrogen and oxygen atoms in total. The Morgan fingerprint density at radius 3 is 2.62 bits per heavy atom. The second-order valence-electron chi connectivity index (χ2n) is 3.96. The van der Waals surface area contributed by atoms with E-state index in [2.05, 4.69) is 0 Å². The average Bonchev–Trinajstić information content (AvgIpc) is 2.99. The minimum atomic E-state index is -3.72. The lowest BCUT2D eigenvalue weighted by molar-refractivity contribution is 0.294. The molecule has 1 aromatic carbocycles. The van der Waals surface area contributed by atoms with Gasteiger partial charge in [-0.3, -0.25) is 0 Å². The number of hydrogen-bond acceptors (Lipinski definition) is 3. The molecule has 0 spiro atoms. The first kappa shape index (κ1) is 11.4. The average molecular weight is 241 g/mol. The number of primary sulfonamides is 1. The first-order chi connectivity index (χ1) is 7.52. The van der Waals surface area contributed by atoms with Crippen LogP contribution in [0, 0.1) is 0 Å². The Bertz CT molecular complexity index is 492. The van der Waals surface area contributed by atoms with Crippen LogP contribution in [0.1, 0.15) is 25.3 Å². The third-order valence-corrected chi connectivity index (χ3v) is 3.58. The molecule has 0 saturated heterocycles. The van der Waals surface area contributed by atoms with E-state index in [-0.39, 0.29) is 11.0 Å². The molecule has 16 heavy (non-hydrogen) atoms. The van der Waals surface area contributed by atoms with Crippen LogP contribution in [0.15, 0.2) is 23.1 Å². The highest BCUT2D eigenvalue weighted by Gasteiger charge is 2.27. The smallest absolute Gasteiger partial charge is 0.242 e. The van der Waals surface area contributed by atoms with Crippen LogP contribution in [-0.2, 0) is 16.4 Å². The molecule has 0 aliphatic heterocycles. The van der Waals surface area contributed by atoms with Crippen molar-refractivity contribution in [2.45, 2.75) is 37.2 Å². The van der Waals surface area contributed by atoms with Gasteiger partial charge >= 0.3 is 0 Å². The number of benzene rings is 1. The SMILES string of the molecule is CCc1cccc(OC2CC2)c1S(N)(=O)=O. The molecular formula is C11H15NO3S. The second kappa shape index (κ2) is 4.07. The monoisotopic (exact) mass is 241 g/mol. The van der Waals surface area contributed by atoms with Gasteiger partial charge in [-0.05, 0) is 30.9 Å². The normalized spacial score (nSPS) is 16.1. The van der Waals surface area contributed by atoms with Crippen molar-refractivity contribution in [1.29, 1.82) is 0 Å². The Kier molecular flexibility index (Phi) is 2.90. The predicted molar refractivity (Wildman–Crippen MR) is 60.8 cm³/mol. The van der Waals surface area contributed by atoms with Crippen molar-refractivity contribution in [2.24, 2.45) is 5.14 Å².